The molecule has 0 aliphatic carbocycles. The number of carbonyl (C=O) groups excluding carboxylic acids is 2. The van der Waals surface area contributed by atoms with Gasteiger partial charge in [0.05, 0.1) is 7.11 Å². The number of aromatic hydroxyl groups is 1. The molecule has 0 fully saturated rings. The number of esters is 1. The van der Waals surface area contributed by atoms with Gasteiger partial charge in [0.1, 0.15) is 23.2 Å². The highest BCUT2D eigenvalue weighted by Crippen LogP contribution is 2.43. The third-order valence-electron chi connectivity index (χ3n) is 4.86. The number of phenolic OH excluding ortho intramolecular Hbond substituents is 1. The number of allylic oxidation sites excluding steroid dienone is 1. The Morgan fingerprint density at radius 1 is 1.09 bits per heavy atom. The lowest BCUT2D eigenvalue weighted by atomic mass is 9.96. The molecule has 0 aliphatic heterocycles. The lowest BCUT2D eigenvalue weighted by Gasteiger charge is -2.23. The first kappa shape index (κ1) is 26.4. The van der Waals surface area contributed by atoms with Crippen LogP contribution in [0.2, 0.25) is 0 Å². The van der Waals surface area contributed by atoms with Crippen LogP contribution in [0.3, 0.4) is 0 Å². The fourth-order valence-electron chi connectivity index (χ4n) is 3.54. The number of phenols is 1. The molecule has 2 rings (SSSR count). The molecule has 0 aromatic heterocycles. The zero-order chi connectivity index (χ0) is 25.6. The van der Waals surface area contributed by atoms with Crippen molar-refractivity contribution in [2.75, 3.05) is 7.11 Å². The summed E-state index contributed by atoms with van der Waals surface area (Å²) in [6.45, 7) is 8.34. The van der Waals surface area contributed by atoms with E-state index in [0.29, 0.717) is 17.5 Å². The maximum atomic E-state index is 12.3. The predicted molar refractivity (Wildman–Crippen MR) is 127 cm³/mol. The van der Waals surface area contributed by atoms with Crippen LogP contribution in [0.15, 0.2) is 30.3 Å². The minimum absolute atomic E-state index is 0.00988. The second-order valence-electron chi connectivity index (χ2n) is 8.34. The van der Waals surface area contributed by atoms with E-state index in [2.05, 4.69) is 0 Å². The number of carboxylic acids is 1. The average Bonchev–Trinajstić information content (AvgIpc) is 2.72. The number of hydrogen-bond acceptors (Lipinski definition) is 7. The lowest BCUT2D eigenvalue weighted by Crippen LogP contribution is -2.14. The third kappa shape index (κ3) is 6.60. The highest BCUT2D eigenvalue weighted by atomic mass is 16.5. The van der Waals surface area contributed by atoms with Gasteiger partial charge < -0.3 is 24.4 Å². The second kappa shape index (κ2) is 11.4. The van der Waals surface area contributed by atoms with Gasteiger partial charge in [0.15, 0.2) is 17.3 Å². The topological polar surface area (TPSA) is 119 Å². The summed E-state index contributed by atoms with van der Waals surface area (Å²) < 4.78 is 16.8. The standard InChI is InChI=1S/C26H30O8/c1-14(2)11-22(33-17(5)28)19-9-10-21(23(26(30)31)25(19)32-6)34-24-18(8-7-16(4)27)12-15(3)13-20(24)29/h7-10,12-14,22,29H,11H2,1-6H3,(H,30,31)/b8-7+. The van der Waals surface area contributed by atoms with Crippen LogP contribution in [-0.4, -0.2) is 35.0 Å². The summed E-state index contributed by atoms with van der Waals surface area (Å²) in [5.41, 5.74) is 1.21. The summed E-state index contributed by atoms with van der Waals surface area (Å²) in [5, 5.41) is 20.5. The van der Waals surface area contributed by atoms with Gasteiger partial charge in [-0.1, -0.05) is 13.8 Å². The molecule has 0 saturated carbocycles. The van der Waals surface area contributed by atoms with Crippen LogP contribution >= 0.6 is 0 Å². The number of rotatable bonds is 10. The van der Waals surface area contributed by atoms with Gasteiger partial charge in [-0.15, -0.1) is 0 Å². The zero-order valence-electron chi connectivity index (χ0n) is 20.2. The van der Waals surface area contributed by atoms with Crippen molar-refractivity contribution >= 4 is 23.8 Å². The summed E-state index contributed by atoms with van der Waals surface area (Å²) in [4.78, 5) is 35.4. The minimum atomic E-state index is -1.33. The molecule has 0 saturated heterocycles. The number of benzene rings is 2. The number of hydrogen-bond donors (Lipinski definition) is 2. The van der Waals surface area contributed by atoms with Crippen LogP contribution in [0.5, 0.6) is 23.0 Å². The fraction of sp³-hybridized carbons (Fsp3) is 0.346. The molecule has 182 valence electrons. The molecule has 0 amide bonds. The SMILES string of the molecule is COc1c(C(CC(C)C)OC(C)=O)ccc(Oc2c(O)cc(C)cc2/C=C/C(C)=O)c1C(=O)O. The van der Waals surface area contributed by atoms with Crippen LogP contribution in [0, 0.1) is 12.8 Å². The number of carbonyl (C=O) groups is 3. The first-order chi connectivity index (χ1) is 15.9. The van der Waals surface area contributed by atoms with Crippen molar-refractivity contribution in [1.82, 2.24) is 0 Å². The van der Waals surface area contributed by atoms with Crippen LogP contribution in [0.4, 0.5) is 0 Å². The monoisotopic (exact) mass is 470 g/mol. The normalized spacial score (nSPS) is 12.0. The Labute approximate surface area is 198 Å². The first-order valence-corrected chi connectivity index (χ1v) is 10.8. The Hall–Kier alpha value is -3.81. The van der Waals surface area contributed by atoms with E-state index >= 15 is 0 Å². The summed E-state index contributed by atoms with van der Waals surface area (Å²) in [5.74, 6) is -2.22. The van der Waals surface area contributed by atoms with Crippen molar-refractivity contribution in [3.63, 3.8) is 0 Å². The van der Waals surface area contributed by atoms with Crippen LogP contribution in [0.25, 0.3) is 6.08 Å². The van der Waals surface area contributed by atoms with E-state index in [-0.39, 0.29) is 40.3 Å². The Morgan fingerprint density at radius 2 is 1.76 bits per heavy atom. The summed E-state index contributed by atoms with van der Waals surface area (Å²) >= 11 is 0. The number of aryl methyl sites for hydroxylation is 1. The van der Waals surface area contributed by atoms with Crippen molar-refractivity contribution in [2.24, 2.45) is 5.92 Å². The number of ether oxygens (including phenoxy) is 3. The van der Waals surface area contributed by atoms with Crippen molar-refractivity contribution in [2.45, 2.75) is 47.1 Å². The van der Waals surface area contributed by atoms with Crippen molar-refractivity contribution in [3.8, 4) is 23.0 Å². The summed E-state index contributed by atoms with van der Waals surface area (Å²) in [7, 11) is 1.32. The van der Waals surface area contributed by atoms with Crippen LogP contribution in [0.1, 0.15) is 67.3 Å². The number of methoxy groups -OCH3 is 1. The Morgan fingerprint density at radius 3 is 2.29 bits per heavy atom. The fourth-order valence-corrected chi connectivity index (χ4v) is 3.54. The summed E-state index contributed by atoms with van der Waals surface area (Å²) in [6.07, 6.45) is 2.53. The van der Waals surface area contributed by atoms with Gasteiger partial charge in [0, 0.05) is 18.1 Å². The zero-order valence-corrected chi connectivity index (χ0v) is 20.2. The second-order valence-corrected chi connectivity index (χ2v) is 8.34. The van der Waals surface area contributed by atoms with Gasteiger partial charge >= 0.3 is 11.9 Å². The van der Waals surface area contributed by atoms with Gasteiger partial charge in [-0.2, -0.15) is 0 Å². The highest BCUT2D eigenvalue weighted by Gasteiger charge is 2.28. The molecule has 1 atom stereocenters. The average molecular weight is 471 g/mol. The van der Waals surface area contributed by atoms with E-state index in [1.54, 1.807) is 19.1 Å². The Kier molecular flexibility index (Phi) is 8.83. The van der Waals surface area contributed by atoms with Crippen LogP contribution < -0.4 is 9.47 Å². The lowest BCUT2D eigenvalue weighted by molar-refractivity contribution is -0.147. The minimum Gasteiger partial charge on any atom is -0.504 e. The molecular weight excluding hydrogens is 440 g/mol. The van der Waals surface area contributed by atoms with E-state index in [0.717, 1.165) is 5.56 Å². The molecule has 34 heavy (non-hydrogen) atoms. The molecule has 2 aromatic carbocycles. The van der Waals surface area contributed by atoms with E-state index < -0.39 is 18.0 Å². The van der Waals surface area contributed by atoms with Gasteiger partial charge in [-0.25, -0.2) is 4.79 Å². The molecule has 8 heteroatoms. The van der Waals surface area contributed by atoms with Crippen molar-refractivity contribution in [1.29, 1.82) is 0 Å². The molecule has 8 nitrogen and oxygen atoms in total. The first-order valence-electron chi connectivity index (χ1n) is 10.8. The van der Waals surface area contributed by atoms with Crippen molar-refractivity contribution in [3.05, 3.63) is 52.6 Å². The number of aromatic carboxylic acids is 1. The quantitative estimate of drug-likeness (QED) is 0.347. The number of carboxylic acid groups (broad SMARTS) is 1. The molecule has 0 spiro atoms. The van der Waals surface area contributed by atoms with E-state index in [9.17, 15) is 24.6 Å². The maximum Gasteiger partial charge on any atom is 0.343 e. The van der Waals surface area contributed by atoms with Gasteiger partial charge in [-0.3, -0.25) is 9.59 Å². The van der Waals surface area contributed by atoms with Crippen LogP contribution in [-0.2, 0) is 14.3 Å². The molecule has 2 aromatic rings. The van der Waals surface area contributed by atoms with E-state index in [1.165, 1.54) is 45.2 Å². The molecule has 0 heterocycles. The van der Waals surface area contributed by atoms with Gasteiger partial charge in [0.2, 0.25) is 0 Å². The van der Waals surface area contributed by atoms with Gasteiger partial charge in [0.25, 0.3) is 0 Å². The molecule has 0 bridgehead atoms. The Bertz CT molecular complexity index is 1110. The highest BCUT2D eigenvalue weighted by molar-refractivity contribution is 5.95. The molecule has 1 unspecified atom stereocenters. The molecule has 0 radical (unpaired) electrons. The molecular formula is C26H30O8. The smallest absolute Gasteiger partial charge is 0.343 e. The van der Waals surface area contributed by atoms with E-state index in [1.807, 2.05) is 13.8 Å². The largest absolute Gasteiger partial charge is 0.504 e. The number of ketones is 1. The molecule has 2 N–H and O–H groups in total. The maximum absolute atomic E-state index is 12.3. The third-order valence-corrected chi connectivity index (χ3v) is 4.86. The van der Waals surface area contributed by atoms with E-state index in [4.69, 9.17) is 14.2 Å². The predicted octanol–water partition coefficient (Wildman–Crippen LogP) is 5.45. The van der Waals surface area contributed by atoms with Gasteiger partial charge in [-0.05, 0) is 68.2 Å². The Balaban J connectivity index is 2.68. The van der Waals surface area contributed by atoms with Crippen molar-refractivity contribution < 1.29 is 38.8 Å². The summed E-state index contributed by atoms with van der Waals surface area (Å²) in [6, 6.07) is 6.16. The molecule has 0 aliphatic rings.